The molecule has 1 amide bonds. The predicted molar refractivity (Wildman–Crippen MR) is 99.5 cm³/mol. The first kappa shape index (κ1) is 18.6. The average molecular weight is 372 g/mol. The molecule has 2 N–H and O–H groups in total. The van der Waals surface area contributed by atoms with Crippen LogP contribution in [0.1, 0.15) is 12.8 Å². The van der Waals surface area contributed by atoms with Crippen molar-refractivity contribution in [1.82, 2.24) is 19.9 Å². The summed E-state index contributed by atoms with van der Waals surface area (Å²) in [6, 6.07) is 3.35. The number of carbonyl (C=O) groups is 1. The number of pyridine rings is 1. The van der Waals surface area contributed by atoms with E-state index in [1.165, 1.54) is 13.2 Å². The molecule has 2 aromatic heterocycles. The van der Waals surface area contributed by atoms with E-state index in [9.17, 15) is 9.18 Å². The molecule has 0 aromatic carbocycles. The van der Waals surface area contributed by atoms with E-state index < -0.39 is 5.82 Å². The van der Waals surface area contributed by atoms with Gasteiger partial charge in [0.15, 0.2) is 11.6 Å². The van der Waals surface area contributed by atoms with Crippen molar-refractivity contribution in [2.24, 2.45) is 0 Å². The molecule has 0 radical (unpaired) electrons. The lowest BCUT2D eigenvalue weighted by Gasteiger charge is -2.32. The Morgan fingerprint density at radius 2 is 2.26 bits per heavy atom. The Balaban J connectivity index is 1.69. The Labute approximate surface area is 156 Å². The van der Waals surface area contributed by atoms with Gasteiger partial charge in [-0.05, 0) is 25.0 Å². The third kappa shape index (κ3) is 4.69. The Morgan fingerprint density at radius 3 is 2.96 bits per heavy atom. The zero-order valence-electron chi connectivity index (χ0n) is 15.0. The molecule has 2 aromatic rings. The highest BCUT2D eigenvalue weighted by Crippen LogP contribution is 2.20. The zero-order valence-corrected chi connectivity index (χ0v) is 15.0. The van der Waals surface area contributed by atoms with Crippen LogP contribution in [0.25, 0.3) is 0 Å². The molecule has 3 heterocycles. The lowest BCUT2D eigenvalue weighted by Crippen LogP contribution is -2.44. The summed E-state index contributed by atoms with van der Waals surface area (Å²) in [6.07, 6.45) is 5.60. The summed E-state index contributed by atoms with van der Waals surface area (Å²) in [5.41, 5.74) is 0.647. The Kier molecular flexibility index (Phi) is 5.80. The molecule has 3 rings (SSSR count). The summed E-state index contributed by atoms with van der Waals surface area (Å²) >= 11 is 0. The Morgan fingerprint density at radius 1 is 1.41 bits per heavy atom. The van der Waals surface area contributed by atoms with Gasteiger partial charge in [0.2, 0.25) is 17.7 Å². The SMILES string of the molecule is C=CC(=O)N1CCC[C@H](Nc2nc(Nc3ccc(OC)nc3)ncc2F)C1. The Hall–Kier alpha value is -3.23. The van der Waals surface area contributed by atoms with Gasteiger partial charge in [-0.2, -0.15) is 4.98 Å². The first-order chi connectivity index (χ1) is 13.1. The second-order valence-corrected chi connectivity index (χ2v) is 6.08. The number of amides is 1. The van der Waals surface area contributed by atoms with E-state index in [1.54, 1.807) is 23.2 Å². The van der Waals surface area contributed by atoms with Gasteiger partial charge < -0.3 is 20.3 Å². The maximum absolute atomic E-state index is 14.1. The number of rotatable bonds is 6. The van der Waals surface area contributed by atoms with Crippen LogP contribution >= 0.6 is 0 Å². The normalized spacial score (nSPS) is 16.5. The number of likely N-dealkylation sites (tertiary alicyclic amines) is 1. The molecule has 9 heteroatoms. The molecule has 0 saturated carbocycles. The van der Waals surface area contributed by atoms with E-state index in [4.69, 9.17) is 4.74 Å². The molecule has 27 heavy (non-hydrogen) atoms. The van der Waals surface area contributed by atoms with Gasteiger partial charge in [0, 0.05) is 25.2 Å². The lowest BCUT2D eigenvalue weighted by molar-refractivity contribution is -0.127. The summed E-state index contributed by atoms with van der Waals surface area (Å²) in [5.74, 6) is 0.131. The van der Waals surface area contributed by atoms with Crippen LogP contribution in [-0.2, 0) is 4.79 Å². The minimum Gasteiger partial charge on any atom is -0.481 e. The van der Waals surface area contributed by atoms with Gasteiger partial charge in [0.25, 0.3) is 0 Å². The van der Waals surface area contributed by atoms with Crippen LogP contribution in [0.15, 0.2) is 37.2 Å². The second-order valence-electron chi connectivity index (χ2n) is 6.08. The number of hydrogen-bond donors (Lipinski definition) is 2. The number of nitrogens with zero attached hydrogens (tertiary/aromatic N) is 4. The summed E-state index contributed by atoms with van der Waals surface area (Å²) in [5, 5.41) is 6.04. The molecule has 8 nitrogen and oxygen atoms in total. The van der Waals surface area contributed by atoms with Crippen LogP contribution in [0.5, 0.6) is 5.88 Å². The zero-order chi connectivity index (χ0) is 19.2. The fraction of sp³-hybridized carbons (Fsp3) is 0.333. The standard InChI is InChI=1S/C18H21FN6O2/c1-3-16(26)25-8-4-5-13(11-25)22-17-14(19)10-21-18(24-17)23-12-6-7-15(27-2)20-9-12/h3,6-7,9-10,13H,1,4-5,8,11H2,2H3,(H2,21,22,23,24)/t13-/m0/s1. The van der Waals surface area contributed by atoms with Crippen LogP contribution < -0.4 is 15.4 Å². The van der Waals surface area contributed by atoms with Gasteiger partial charge in [-0.15, -0.1) is 0 Å². The van der Waals surface area contributed by atoms with Gasteiger partial charge in [-0.1, -0.05) is 6.58 Å². The first-order valence-corrected chi connectivity index (χ1v) is 8.56. The number of ether oxygens (including phenoxy) is 1. The molecule has 0 aliphatic carbocycles. The minimum atomic E-state index is -0.555. The van der Waals surface area contributed by atoms with Crippen molar-refractivity contribution < 1.29 is 13.9 Å². The van der Waals surface area contributed by atoms with Crippen LogP contribution in [0.4, 0.5) is 21.8 Å². The van der Waals surface area contributed by atoms with Crippen molar-refractivity contribution in [2.45, 2.75) is 18.9 Å². The van der Waals surface area contributed by atoms with Crippen LogP contribution in [-0.4, -0.2) is 52.0 Å². The van der Waals surface area contributed by atoms with E-state index >= 15 is 0 Å². The monoisotopic (exact) mass is 372 g/mol. The van der Waals surface area contributed by atoms with E-state index in [1.807, 2.05) is 0 Å². The molecule has 142 valence electrons. The fourth-order valence-electron chi connectivity index (χ4n) is 2.85. The number of methoxy groups -OCH3 is 1. The summed E-state index contributed by atoms with van der Waals surface area (Å²) in [4.78, 5) is 25.7. The van der Waals surface area contributed by atoms with Crippen LogP contribution in [0.2, 0.25) is 0 Å². The first-order valence-electron chi connectivity index (χ1n) is 8.56. The van der Waals surface area contributed by atoms with Gasteiger partial charge >= 0.3 is 0 Å². The van der Waals surface area contributed by atoms with Crippen LogP contribution in [0.3, 0.4) is 0 Å². The van der Waals surface area contributed by atoms with Gasteiger partial charge in [0.1, 0.15) is 0 Å². The molecule has 1 aliphatic rings. The molecule has 0 unspecified atom stereocenters. The highest BCUT2D eigenvalue weighted by Gasteiger charge is 2.23. The van der Waals surface area contributed by atoms with Crippen molar-refractivity contribution >= 4 is 23.4 Å². The van der Waals surface area contributed by atoms with Gasteiger partial charge in [0.05, 0.1) is 25.2 Å². The van der Waals surface area contributed by atoms with Gasteiger partial charge in [-0.3, -0.25) is 4.79 Å². The smallest absolute Gasteiger partial charge is 0.246 e. The molecule has 1 fully saturated rings. The fourth-order valence-corrected chi connectivity index (χ4v) is 2.85. The molecule has 0 spiro atoms. The van der Waals surface area contributed by atoms with Crippen molar-refractivity contribution in [3.63, 3.8) is 0 Å². The summed E-state index contributed by atoms with van der Waals surface area (Å²) in [7, 11) is 1.53. The number of carbonyl (C=O) groups excluding carboxylic acids is 1. The summed E-state index contributed by atoms with van der Waals surface area (Å²) in [6.45, 7) is 4.65. The van der Waals surface area contributed by atoms with E-state index in [-0.39, 0.29) is 23.7 Å². The predicted octanol–water partition coefficient (Wildman–Crippen LogP) is 2.35. The van der Waals surface area contributed by atoms with Crippen molar-refractivity contribution in [2.75, 3.05) is 30.8 Å². The quantitative estimate of drug-likeness (QED) is 0.752. The molecular weight excluding hydrogens is 351 g/mol. The number of nitrogens with one attached hydrogen (secondary N) is 2. The van der Waals surface area contributed by atoms with E-state index in [2.05, 4.69) is 32.2 Å². The number of halogens is 1. The topological polar surface area (TPSA) is 92.3 Å². The summed E-state index contributed by atoms with van der Waals surface area (Å²) < 4.78 is 19.2. The van der Waals surface area contributed by atoms with Crippen LogP contribution in [0, 0.1) is 5.82 Å². The molecule has 1 saturated heterocycles. The number of hydrogen-bond acceptors (Lipinski definition) is 7. The van der Waals surface area contributed by atoms with E-state index in [0.29, 0.717) is 24.7 Å². The average Bonchev–Trinajstić information content (AvgIpc) is 2.70. The van der Waals surface area contributed by atoms with Gasteiger partial charge in [-0.25, -0.2) is 14.4 Å². The second kappa shape index (κ2) is 8.43. The third-order valence-corrected chi connectivity index (χ3v) is 4.19. The van der Waals surface area contributed by atoms with E-state index in [0.717, 1.165) is 19.0 Å². The molecular formula is C18H21FN6O2. The molecule has 1 atom stereocenters. The maximum atomic E-state index is 14.1. The number of anilines is 3. The van der Waals surface area contributed by atoms with Crippen molar-refractivity contribution in [3.8, 4) is 5.88 Å². The minimum absolute atomic E-state index is 0.0897. The lowest BCUT2D eigenvalue weighted by atomic mass is 10.1. The van der Waals surface area contributed by atoms with Crippen molar-refractivity contribution in [1.29, 1.82) is 0 Å². The largest absolute Gasteiger partial charge is 0.481 e. The highest BCUT2D eigenvalue weighted by molar-refractivity contribution is 5.87. The number of piperidine rings is 1. The van der Waals surface area contributed by atoms with Crippen molar-refractivity contribution in [3.05, 3.63) is 43.0 Å². The number of aromatic nitrogens is 3. The highest BCUT2D eigenvalue weighted by atomic mass is 19.1. The third-order valence-electron chi connectivity index (χ3n) is 4.19. The molecule has 1 aliphatic heterocycles. The molecule has 0 bridgehead atoms. The maximum Gasteiger partial charge on any atom is 0.246 e. The Bertz CT molecular complexity index is 814.